The Bertz CT molecular complexity index is 1360. The highest BCUT2D eigenvalue weighted by molar-refractivity contribution is 6.30. The molecule has 2 aromatic carbocycles. The molecular formula is C24H22ClFN6O2. The first-order chi connectivity index (χ1) is 16.4. The number of carbonyl (C=O) groups is 1. The van der Waals surface area contributed by atoms with Gasteiger partial charge in [0.2, 0.25) is 11.8 Å². The number of hydrogen-bond acceptors (Lipinski definition) is 5. The van der Waals surface area contributed by atoms with Gasteiger partial charge >= 0.3 is 0 Å². The van der Waals surface area contributed by atoms with E-state index in [1.165, 1.54) is 24.4 Å². The number of halogens is 2. The van der Waals surface area contributed by atoms with E-state index >= 15 is 0 Å². The van der Waals surface area contributed by atoms with Gasteiger partial charge in [-0.2, -0.15) is 0 Å². The fourth-order valence-electron chi connectivity index (χ4n) is 3.21. The second-order valence-electron chi connectivity index (χ2n) is 7.51. The molecule has 34 heavy (non-hydrogen) atoms. The fourth-order valence-corrected chi connectivity index (χ4v) is 3.43. The Hall–Kier alpha value is -3.98. The fraction of sp³-hybridized carbons (Fsp3) is 0.167. The Balaban J connectivity index is 1.43. The lowest BCUT2D eigenvalue weighted by molar-refractivity contribution is 0.102. The van der Waals surface area contributed by atoms with E-state index in [9.17, 15) is 9.18 Å². The highest BCUT2D eigenvalue weighted by atomic mass is 35.5. The Kier molecular flexibility index (Phi) is 7.03. The number of hydrogen-bond donors (Lipinski definition) is 4. The highest BCUT2D eigenvalue weighted by Crippen LogP contribution is 2.27. The van der Waals surface area contributed by atoms with Crippen molar-refractivity contribution in [2.75, 3.05) is 11.9 Å². The van der Waals surface area contributed by atoms with Crippen molar-refractivity contribution in [2.24, 2.45) is 0 Å². The van der Waals surface area contributed by atoms with Crippen molar-refractivity contribution in [3.8, 4) is 11.1 Å². The SMILES string of the molecule is CCCCOC(=N)/C=C\c1ncc(C(=O)Nc2nc3ccc(-c4cc(F)cc(Cl)c4)cc3[nH]2)[nH]1. The maximum atomic E-state index is 13.7. The van der Waals surface area contributed by atoms with Crippen molar-refractivity contribution in [3.05, 3.63) is 71.0 Å². The topological polar surface area (TPSA) is 120 Å². The van der Waals surface area contributed by atoms with Crippen LogP contribution in [0.25, 0.3) is 28.2 Å². The van der Waals surface area contributed by atoms with Crippen LogP contribution in [0.4, 0.5) is 10.3 Å². The summed E-state index contributed by atoms with van der Waals surface area (Å²) in [5.74, 6) is -0.158. The van der Waals surface area contributed by atoms with Gasteiger partial charge in [-0.1, -0.05) is 31.0 Å². The van der Waals surface area contributed by atoms with Crippen LogP contribution in [0.15, 0.2) is 48.7 Å². The number of H-pyrrole nitrogens is 2. The maximum absolute atomic E-state index is 13.7. The van der Waals surface area contributed by atoms with Crippen molar-refractivity contribution in [3.63, 3.8) is 0 Å². The van der Waals surface area contributed by atoms with Gasteiger partial charge in [0.05, 0.1) is 23.8 Å². The van der Waals surface area contributed by atoms with E-state index in [4.69, 9.17) is 21.7 Å². The van der Waals surface area contributed by atoms with Gasteiger partial charge in [0.15, 0.2) is 0 Å². The monoisotopic (exact) mass is 480 g/mol. The zero-order valence-corrected chi connectivity index (χ0v) is 19.0. The number of fused-ring (bicyclic) bond motifs is 1. The largest absolute Gasteiger partial charge is 0.478 e. The molecule has 4 rings (SSSR count). The van der Waals surface area contributed by atoms with Crippen LogP contribution in [-0.4, -0.2) is 38.3 Å². The third-order valence-corrected chi connectivity index (χ3v) is 5.12. The number of unbranched alkanes of at least 4 members (excludes halogenated alkanes) is 1. The van der Waals surface area contributed by atoms with Crippen LogP contribution in [0.2, 0.25) is 5.02 Å². The van der Waals surface area contributed by atoms with Crippen LogP contribution in [0.5, 0.6) is 0 Å². The number of carbonyl (C=O) groups excluding carboxylic acids is 1. The first kappa shape index (κ1) is 23.2. The second kappa shape index (κ2) is 10.3. The number of benzene rings is 2. The lowest BCUT2D eigenvalue weighted by atomic mass is 10.1. The third kappa shape index (κ3) is 5.68. The molecule has 0 radical (unpaired) electrons. The number of nitrogens with one attached hydrogen (secondary N) is 4. The van der Waals surface area contributed by atoms with Gasteiger partial charge in [-0.05, 0) is 54.0 Å². The van der Waals surface area contributed by atoms with Crippen molar-refractivity contribution >= 4 is 46.5 Å². The summed E-state index contributed by atoms with van der Waals surface area (Å²) in [6.45, 7) is 2.53. The Morgan fingerprint density at radius 2 is 2.09 bits per heavy atom. The molecular weight excluding hydrogens is 459 g/mol. The molecule has 2 heterocycles. The summed E-state index contributed by atoms with van der Waals surface area (Å²) >= 11 is 5.96. The molecule has 4 N–H and O–H groups in total. The van der Waals surface area contributed by atoms with Gasteiger partial charge in [0, 0.05) is 11.1 Å². The van der Waals surface area contributed by atoms with Gasteiger partial charge in [0.25, 0.3) is 5.91 Å². The average molecular weight is 481 g/mol. The summed E-state index contributed by atoms with van der Waals surface area (Å²) in [4.78, 5) is 27.0. The smallest absolute Gasteiger partial charge is 0.276 e. The molecule has 0 atom stereocenters. The van der Waals surface area contributed by atoms with Crippen LogP contribution >= 0.6 is 11.6 Å². The number of anilines is 1. The average Bonchev–Trinajstić information content (AvgIpc) is 3.43. The summed E-state index contributed by atoms with van der Waals surface area (Å²) in [5, 5.41) is 10.7. The van der Waals surface area contributed by atoms with E-state index in [2.05, 4.69) is 25.3 Å². The van der Waals surface area contributed by atoms with Gasteiger partial charge in [0.1, 0.15) is 17.3 Å². The molecule has 0 fully saturated rings. The zero-order chi connectivity index (χ0) is 24.1. The second-order valence-corrected chi connectivity index (χ2v) is 7.95. The van der Waals surface area contributed by atoms with E-state index in [1.54, 1.807) is 30.3 Å². The number of nitrogens with zero attached hydrogens (tertiary/aromatic N) is 2. The van der Waals surface area contributed by atoms with Crippen LogP contribution in [0.3, 0.4) is 0 Å². The van der Waals surface area contributed by atoms with Crippen LogP contribution < -0.4 is 5.32 Å². The van der Waals surface area contributed by atoms with Gasteiger partial charge in [-0.25, -0.2) is 14.4 Å². The predicted molar refractivity (Wildman–Crippen MR) is 131 cm³/mol. The molecule has 0 unspecified atom stereocenters. The minimum absolute atomic E-state index is 0.0259. The number of ether oxygens (including phenoxy) is 1. The van der Waals surface area contributed by atoms with Crippen LogP contribution in [-0.2, 0) is 4.74 Å². The molecule has 8 nitrogen and oxygen atoms in total. The van der Waals surface area contributed by atoms with Crippen LogP contribution in [0, 0.1) is 11.2 Å². The molecule has 174 valence electrons. The summed E-state index contributed by atoms with van der Waals surface area (Å²) < 4.78 is 19.0. The Morgan fingerprint density at radius 3 is 2.88 bits per heavy atom. The number of rotatable bonds is 8. The van der Waals surface area contributed by atoms with Gasteiger partial charge in [-0.15, -0.1) is 0 Å². The van der Waals surface area contributed by atoms with E-state index in [1.807, 2.05) is 6.92 Å². The van der Waals surface area contributed by atoms with Gasteiger partial charge < -0.3 is 14.7 Å². The number of imidazole rings is 2. The molecule has 4 aromatic rings. The van der Waals surface area contributed by atoms with Crippen molar-refractivity contribution < 1.29 is 13.9 Å². The van der Waals surface area contributed by atoms with E-state index in [0.717, 1.165) is 18.4 Å². The molecule has 0 aliphatic rings. The molecule has 2 aromatic heterocycles. The molecule has 0 aliphatic carbocycles. The van der Waals surface area contributed by atoms with Crippen molar-refractivity contribution in [2.45, 2.75) is 19.8 Å². The van der Waals surface area contributed by atoms with Crippen molar-refractivity contribution in [1.82, 2.24) is 19.9 Å². The van der Waals surface area contributed by atoms with E-state index < -0.39 is 11.7 Å². The molecule has 0 spiro atoms. The zero-order valence-electron chi connectivity index (χ0n) is 18.3. The minimum atomic E-state index is -0.433. The molecule has 0 saturated carbocycles. The molecule has 0 saturated heterocycles. The standard InChI is InChI=1S/C24H22ClFN6O2/c1-2-3-8-34-21(27)6-7-22-28-13-20(29-22)23(33)32-24-30-18-5-4-14(11-19(18)31-24)15-9-16(25)12-17(26)10-15/h4-7,9-13,27H,2-3,8H2,1H3,(H,28,29)(H2,30,31,32,33)/b7-6-,27-21?. The number of amides is 1. The molecule has 0 bridgehead atoms. The summed E-state index contributed by atoms with van der Waals surface area (Å²) in [6, 6.07) is 9.70. The minimum Gasteiger partial charge on any atom is -0.478 e. The van der Waals surface area contributed by atoms with E-state index in [-0.39, 0.29) is 17.5 Å². The summed E-state index contributed by atoms with van der Waals surface area (Å²) in [6.07, 6.45) is 6.29. The quantitative estimate of drug-likeness (QED) is 0.144. The lowest BCUT2D eigenvalue weighted by Crippen LogP contribution is -2.13. The molecule has 0 aliphatic heterocycles. The Morgan fingerprint density at radius 1 is 1.24 bits per heavy atom. The third-order valence-electron chi connectivity index (χ3n) is 4.90. The first-order valence-corrected chi connectivity index (χ1v) is 11.0. The lowest BCUT2D eigenvalue weighted by Gasteiger charge is -2.03. The predicted octanol–water partition coefficient (Wildman–Crippen LogP) is 5.80. The van der Waals surface area contributed by atoms with E-state index in [0.29, 0.717) is 34.1 Å². The molecule has 10 heteroatoms. The van der Waals surface area contributed by atoms with Crippen LogP contribution in [0.1, 0.15) is 36.1 Å². The van der Waals surface area contributed by atoms with Gasteiger partial charge in [-0.3, -0.25) is 15.5 Å². The Labute approximate surface area is 199 Å². The molecule has 1 amide bonds. The van der Waals surface area contributed by atoms with Crippen molar-refractivity contribution in [1.29, 1.82) is 5.41 Å². The summed E-state index contributed by atoms with van der Waals surface area (Å²) in [7, 11) is 0. The highest BCUT2D eigenvalue weighted by Gasteiger charge is 2.13. The number of aromatic nitrogens is 4. The first-order valence-electron chi connectivity index (χ1n) is 10.6. The summed E-state index contributed by atoms with van der Waals surface area (Å²) in [5.41, 5.74) is 2.92. The number of aromatic amines is 2. The maximum Gasteiger partial charge on any atom is 0.276 e. The normalized spacial score (nSPS) is 11.3.